The molecule has 1 aromatic carbocycles. The fraction of sp³-hybridized carbons (Fsp3) is 0.556. The highest BCUT2D eigenvalue weighted by atomic mass is 16.5. The molecule has 3 rings (SSSR count). The molecule has 2 fully saturated rings. The van der Waals surface area contributed by atoms with Crippen molar-refractivity contribution in [1.29, 1.82) is 0 Å². The van der Waals surface area contributed by atoms with Gasteiger partial charge in [0, 0.05) is 31.8 Å². The topological polar surface area (TPSA) is 58.6 Å². The summed E-state index contributed by atoms with van der Waals surface area (Å²) in [6.45, 7) is 1.08. The Hall–Kier alpha value is -1.88. The van der Waals surface area contributed by atoms with E-state index >= 15 is 0 Å². The molecule has 0 radical (unpaired) electrons. The highest BCUT2D eigenvalue weighted by Crippen LogP contribution is 2.30. The minimum Gasteiger partial charge on any atom is -0.380 e. The number of methoxy groups -OCH3 is 1. The van der Waals surface area contributed by atoms with Gasteiger partial charge < -0.3 is 15.0 Å². The maximum atomic E-state index is 12.5. The van der Waals surface area contributed by atoms with Crippen molar-refractivity contribution in [2.45, 2.75) is 44.8 Å². The van der Waals surface area contributed by atoms with Gasteiger partial charge in [-0.3, -0.25) is 9.59 Å². The monoisotopic (exact) mass is 316 g/mol. The summed E-state index contributed by atoms with van der Waals surface area (Å²) < 4.78 is 5.11. The van der Waals surface area contributed by atoms with E-state index in [1.165, 1.54) is 12.8 Å². The summed E-state index contributed by atoms with van der Waals surface area (Å²) in [5.74, 6) is -0.173. The molecule has 1 saturated heterocycles. The lowest BCUT2D eigenvalue weighted by molar-refractivity contribution is -0.129. The molecule has 2 aliphatic rings. The lowest BCUT2D eigenvalue weighted by Crippen LogP contribution is -2.35. The van der Waals surface area contributed by atoms with Gasteiger partial charge in [0.05, 0.1) is 12.5 Å². The average molecular weight is 316 g/mol. The fourth-order valence-electron chi connectivity index (χ4n) is 3.63. The summed E-state index contributed by atoms with van der Waals surface area (Å²) >= 11 is 0. The maximum absolute atomic E-state index is 12.5. The van der Waals surface area contributed by atoms with E-state index in [0.29, 0.717) is 25.6 Å². The van der Waals surface area contributed by atoms with Gasteiger partial charge in [-0.05, 0) is 30.5 Å². The number of nitrogens with one attached hydrogen (secondary N) is 1. The Morgan fingerprint density at radius 2 is 2.13 bits per heavy atom. The summed E-state index contributed by atoms with van der Waals surface area (Å²) in [5.41, 5.74) is 1.77. The summed E-state index contributed by atoms with van der Waals surface area (Å²) in [5, 5.41) is 2.94. The molecule has 1 N–H and O–H groups in total. The second kappa shape index (κ2) is 7.13. The number of anilines is 1. The number of amides is 2. The van der Waals surface area contributed by atoms with Crippen molar-refractivity contribution < 1.29 is 14.3 Å². The smallest absolute Gasteiger partial charge is 0.229 e. The van der Waals surface area contributed by atoms with Crippen molar-refractivity contribution in [2.24, 2.45) is 5.92 Å². The summed E-state index contributed by atoms with van der Waals surface area (Å²) in [6, 6.07) is 7.98. The molecule has 5 heteroatoms. The molecule has 1 aliphatic carbocycles. The highest BCUT2D eigenvalue weighted by Gasteiger charge is 2.38. The molecule has 23 heavy (non-hydrogen) atoms. The van der Waals surface area contributed by atoms with Crippen LogP contribution < -0.4 is 5.32 Å². The molecule has 0 aromatic heterocycles. The van der Waals surface area contributed by atoms with Crippen LogP contribution in [0.3, 0.4) is 0 Å². The van der Waals surface area contributed by atoms with E-state index in [9.17, 15) is 9.59 Å². The Bertz CT molecular complexity index is 581. The van der Waals surface area contributed by atoms with Gasteiger partial charge in [-0.25, -0.2) is 0 Å². The first kappa shape index (κ1) is 16.0. The van der Waals surface area contributed by atoms with Crippen molar-refractivity contribution in [3.8, 4) is 0 Å². The number of ether oxygens (including phenoxy) is 1. The minimum absolute atomic E-state index is 0.0617. The van der Waals surface area contributed by atoms with E-state index in [0.717, 1.165) is 24.1 Å². The Morgan fingerprint density at radius 3 is 2.87 bits per heavy atom. The van der Waals surface area contributed by atoms with Crippen LogP contribution in [-0.4, -0.2) is 36.4 Å². The molecule has 1 unspecified atom stereocenters. The quantitative estimate of drug-likeness (QED) is 0.908. The molecule has 124 valence electrons. The van der Waals surface area contributed by atoms with Gasteiger partial charge in [-0.2, -0.15) is 0 Å². The number of carbonyl (C=O) groups is 2. The Labute approximate surface area is 137 Å². The van der Waals surface area contributed by atoms with E-state index < -0.39 is 0 Å². The summed E-state index contributed by atoms with van der Waals surface area (Å²) in [4.78, 5) is 26.6. The Kier molecular flexibility index (Phi) is 4.96. The maximum Gasteiger partial charge on any atom is 0.229 e. The Balaban J connectivity index is 1.60. The third kappa shape index (κ3) is 3.72. The fourth-order valence-corrected chi connectivity index (χ4v) is 3.63. The molecule has 1 aromatic rings. The van der Waals surface area contributed by atoms with Gasteiger partial charge >= 0.3 is 0 Å². The summed E-state index contributed by atoms with van der Waals surface area (Å²) in [7, 11) is 1.65. The van der Waals surface area contributed by atoms with Crippen LogP contribution >= 0.6 is 0 Å². The van der Waals surface area contributed by atoms with E-state index in [-0.39, 0.29) is 17.7 Å². The third-order valence-corrected chi connectivity index (χ3v) is 4.80. The number of likely N-dealkylation sites (tertiary alicyclic amines) is 1. The van der Waals surface area contributed by atoms with Gasteiger partial charge in [0.25, 0.3) is 0 Å². The highest BCUT2D eigenvalue weighted by molar-refractivity contribution is 5.97. The number of benzene rings is 1. The lowest BCUT2D eigenvalue weighted by atomic mass is 10.1. The van der Waals surface area contributed by atoms with Crippen molar-refractivity contribution >= 4 is 17.5 Å². The molecule has 0 spiro atoms. The molecule has 1 atom stereocenters. The molecule has 1 aliphatic heterocycles. The van der Waals surface area contributed by atoms with Crippen molar-refractivity contribution in [3.63, 3.8) is 0 Å². The first-order chi connectivity index (χ1) is 11.2. The van der Waals surface area contributed by atoms with E-state index in [1.807, 2.05) is 29.2 Å². The van der Waals surface area contributed by atoms with Crippen LogP contribution in [0.5, 0.6) is 0 Å². The third-order valence-electron chi connectivity index (χ3n) is 4.80. The molecule has 2 amide bonds. The zero-order valence-corrected chi connectivity index (χ0v) is 13.6. The van der Waals surface area contributed by atoms with Crippen LogP contribution in [0.2, 0.25) is 0 Å². The van der Waals surface area contributed by atoms with E-state index in [4.69, 9.17) is 4.74 Å². The van der Waals surface area contributed by atoms with Crippen LogP contribution in [-0.2, 0) is 20.9 Å². The van der Waals surface area contributed by atoms with Gasteiger partial charge in [0.2, 0.25) is 11.8 Å². The van der Waals surface area contributed by atoms with Gasteiger partial charge in [-0.1, -0.05) is 25.0 Å². The van der Waals surface area contributed by atoms with Crippen LogP contribution in [0.4, 0.5) is 5.69 Å². The van der Waals surface area contributed by atoms with Crippen molar-refractivity contribution in [3.05, 3.63) is 29.8 Å². The molecule has 5 nitrogen and oxygen atoms in total. The van der Waals surface area contributed by atoms with Gasteiger partial charge in [0.1, 0.15) is 0 Å². The first-order valence-corrected chi connectivity index (χ1v) is 8.35. The number of hydrogen-bond acceptors (Lipinski definition) is 3. The zero-order valence-electron chi connectivity index (χ0n) is 13.6. The van der Waals surface area contributed by atoms with E-state index in [2.05, 4.69) is 5.32 Å². The first-order valence-electron chi connectivity index (χ1n) is 8.35. The molecule has 1 saturated carbocycles. The average Bonchev–Trinajstić information content (AvgIpc) is 3.17. The number of nitrogens with zero attached hydrogens (tertiary/aromatic N) is 1. The normalized spacial score (nSPS) is 21.9. The predicted octanol–water partition coefficient (Wildman–Crippen LogP) is 2.56. The second-order valence-electron chi connectivity index (χ2n) is 6.51. The van der Waals surface area contributed by atoms with Crippen LogP contribution in [0.1, 0.15) is 37.7 Å². The number of carbonyl (C=O) groups excluding carboxylic acids is 2. The van der Waals surface area contributed by atoms with Crippen molar-refractivity contribution in [2.75, 3.05) is 19.0 Å². The predicted molar refractivity (Wildman–Crippen MR) is 87.9 cm³/mol. The molecular formula is C18H24N2O3. The van der Waals surface area contributed by atoms with Crippen LogP contribution in [0, 0.1) is 5.92 Å². The zero-order chi connectivity index (χ0) is 16.2. The molecule has 1 heterocycles. The van der Waals surface area contributed by atoms with Gasteiger partial charge in [0.15, 0.2) is 0 Å². The SMILES string of the molecule is COCc1cccc(NC(=O)C2CC(=O)N(C3CCCC3)C2)c1. The van der Waals surface area contributed by atoms with Crippen LogP contribution in [0.15, 0.2) is 24.3 Å². The Morgan fingerprint density at radius 1 is 1.35 bits per heavy atom. The minimum atomic E-state index is -0.241. The van der Waals surface area contributed by atoms with Gasteiger partial charge in [-0.15, -0.1) is 0 Å². The molecule has 0 bridgehead atoms. The molecular weight excluding hydrogens is 292 g/mol. The van der Waals surface area contributed by atoms with Crippen LogP contribution in [0.25, 0.3) is 0 Å². The number of rotatable bonds is 5. The lowest BCUT2D eigenvalue weighted by Gasteiger charge is -2.23. The largest absolute Gasteiger partial charge is 0.380 e. The standard InChI is InChI=1S/C18H24N2O3/c1-23-12-13-5-4-6-15(9-13)19-18(22)14-10-17(21)20(11-14)16-7-2-3-8-16/h4-6,9,14,16H,2-3,7-8,10-12H2,1H3,(H,19,22). The second-order valence-corrected chi connectivity index (χ2v) is 6.51. The van der Waals surface area contributed by atoms with Crippen molar-refractivity contribution in [1.82, 2.24) is 4.90 Å². The van der Waals surface area contributed by atoms with E-state index in [1.54, 1.807) is 7.11 Å². The number of hydrogen-bond donors (Lipinski definition) is 1. The summed E-state index contributed by atoms with van der Waals surface area (Å²) in [6.07, 6.45) is 4.88.